The van der Waals surface area contributed by atoms with Crippen molar-refractivity contribution >= 4 is 22.9 Å². The lowest BCUT2D eigenvalue weighted by molar-refractivity contribution is -0.149. The van der Waals surface area contributed by atoms with Crippen molar-refractivity contribution in [2.45, 2.75) is 33.1 Å². The lowest BCUT2D eigenvalue weighted by Crippen LogP contribution is -2.39. The first-order valence-electron chi connectivity index (χ1n) is 9.88. The molecule has 27 heavy (non-hydrogen) atoms. The second kappa shape index (κ2) is 9.86. The zero-order valence-electron chi connectivity index (χ0n) is 16.3. The number of rotatable bonds is 7. The Labute approximate surface area is 166 Å². The molecule has 4 heteroatoms. The van der Waals surface area contributed by atoms with Crippen LogP contribution in [0.4, 0.5) is 0 Å². The Bertz CT molecular complexity index is 766. The van der Waals surface area contributed by atoms with Crippen molar-refractivity contribution in [1.29, 1.82) is 0 Å². The highest BCUT2D eigenvalue weighted by atomic mass is 32.1. The Kier molecular flexibility index (Phi) is 7.25. The van der Waals surface area contributed by atoms with Crippen LogP contribution in [0.2, 0.25) is 0 Å². The molecular formula is C23H29NO2S. The molecule has 0 aliphatic carbocycles. The monoisotopic (exact) mass is 383 g/mol. The minimum Gasteiger partial charge on any atom is -0.466 e. The summed E-state index contributed by atoms with van der Waals surface area (Å²) in [5.74, 6) is 0.00717. The van der Waals surface area contributed by atoms with E-state index < -0.39 is 0 Å². The van der Waals surface area contributed by atoms with E-state index in [1.54, 1.807) is 11.3 Å². The van der Waals surface area contributed by atoms with E-state index in [4.69, 9.17) is 4.74 Å². The zero-order valence-corrected chi connectivity index (χ0v) is 17.1. The average Bonchev–Trinajstić information content (AvgIpc) is 3.12. The molecule has 1 saturated heterocycles. The van der Waals surface area contributed by atoms with Gasteiger partial charge in [-0.15, -0.1) is 11.3 Å². The standard InChI is InChI=1S/C23H29NO2S/c1-3-26-23(25)20-11-7-14-24(17-20)15-8-12-21(19-9-5-4-6-10-19)22-18(2)13-16-27-22/h4-6,9-10,12-13,16,20H,3,7-8,11,14-15,17H2,1-2H3/b21-12+. The molecule has 1 fully saturated rings. The van der Waals surface area contributed by atoms with Gasteiger partial charge in [0.05, 0.1) is 12.5 Å². The lowest BCUT2D eigenvalue weighted by atomic mass is 9.97. The van der Waals surface area contributed by atoms with Gasteiger partial charge in [-0.2, -0.15) is 0 Å². The largest absolute Gasteiger partial charge is 0.466 e. The fraction of sp³-hybridized carbons (Fsp3) is 0.435. The van der Waals surface area contributed by atoms with Crippen molar-refractivity contribution in [3.8, 4) is 0 Å². The number of nitrogens with zero attached hydrogens (tertiary/aromatic N) is 1. The molecule has 144 valence electrons. The van der Waals surface area contributed by atoms with Crippen LogP contribution in [-0.2, 0) is 9.53 Å². The van der Waals surface area contributed by atoms with E-state index in [9.17, 15) is 4.79 Å². The summed E-state index contributed by atoms with van der Waals surface area (Å²) >= 11 is 1.81. The normalized spacial score (nSPS) is 18.4. The van der Waals surface area contributed by atoms with Crippen LogP contribution in [0, 0.1) is 12.8 Å². The van der Waals surface area contributed by atoms with Crippen LogP contribution in [0.15, 0.2) is 47.9 Å². The number of ether oxygens (including phenoxy) is 1. The van der Waals surface area contributed by atoms with E-state index in [1.807, 2.05) is 6.92 Å². The van der Waals surface area contributed by atoms with E-state index in [1.165, 1.54) is 21.6 Å². The molecule has 0 radical (unpaired) electrons. The number of benzene rings is 1. The molecule has 3 nitrogen and oxygen atoms in total. The first kappa shape index (κ1) is 19.8. The fourth-order valence-electron chi connectivity index (χ4n) is 3.71. The van der Waals surface area contributed by atoms with Gasteiger partial charge in [-0.25, -0.2) is 0 Å². The van der Waals surface area contributed by atoms with Gasteiger partial charge in [0.15, 0.2) is 0 Å². The topological polar surface area (TPSA) is 29.5 Å². The molecule has 1 aliphatic heterocycles. The Hall–Kier alpha value is -1.91. The summed E-state index contributed by atoms with van der Waals surface area (Å²) in [7, 11) is 0. The van der Waals surface area contributed by atoms with E-state index in [2.05, 4.69) is 59.7 Å². The van der Waals surface area contributed by atoms with Gasteiger partial charge in [0.2, 0.25) is 0 Å². The number of esters is 1. The van der Waals surface area contributed by atoms with E-state index in [0.717, 1.165) is 38.9 Å². The number of thiophene rings is 1. The minimum absolute atomic E-state index is 0.0306. The summed E-state index contributed by atoms with van der Waals surface area (Å²) in [6.45, 7) is 7.40. The lowest BCUT2D eigenvalue weighted by Gasteiger charge is -2.31. The minimum atomic E-state index is -0.0306. The molecule has 0 bridgehead atoms. The van der Waals surface area contributed by atoms with E-state index >= 15 is 0 Å². The quantitative estimate of drug-likeness (QED) is 0.619. The summed E-state index contributed by atoms with van der Waals surface area (Å²) in [6, 6.07) is 12.8. The van der Waals surface area contributed by atoms with Gasteiger partial charge < -0.3 is 9.64 Å². The number of hydrogen-bond acceptors (Lipinski definition) is 4. The molecule has 1 aromatic heterocycles. The molecule has 0 amide bonds. The predicted molar refractivity (Wildman–Crippen MR) is 113 cm³/mol. The number of aryl methyl sites for hydroxylation is 1. The van der Waals surface area contributed by atoms with Crippen LogP contribution in [-0.4, -0.2) is 37.1 Å². The third-order valence-electron chi connectivity index (χ3n) is 5.11. The van der Waals surface area contributed by atoms with Crippen LogP contribution >= 0.6 is 11.3 Å². The van der Waals surface area contributed by atoms with Crippen LogP contribution in [0.3, 0.4) is 0 Å². The number of carbonyl (C=O) groups is 1. The van der Waals surface area contributed by atoms with Gasteiger partial charge in [0.25, 0.3) is 0 Å². The first-order chi connectivity index (χ1) is 13.2. The Morgan fingerprint density at radius 1 is 1.30 bits per heavy atom. The molecule has 0 spiro atoms. The fourth-order valence-corrected chi connectivity index (χ4v) is 4.70. The second-order valence-electron chi connectivity index (χ2n) is 7.10. The SMILES string of the molecule is CCOC(=O)C1CCCN(CC/C=C(\c2ccccc2)c2sccc2C)C1. The molecule has 2 aromatic rings. The van der Waals surface area contributed by atoms with Gasteiger partial charge in [-0.05, 0) is 67.8 Å². The van der Waals surface area contributed by atoms with Gasteiger partial charge in [-0.3, -0.25) is 4.79 Å². The molecule has 1 aliphatic rings. The summed E-state index contributed by atoms with van der Waals surface area (Å²) < 4.78 is 5.22. The Balaban J connectivity index is 1.67. The molecule has 1 unspecified atom stereocenters. The van der Waals surface area contributed by atoms with Crippen LogP contribution in [0.25, 0.3) is 5.57 Å². The average molecular weight is 384 g/mol. The molecule has 1 aromatic carbocycles. The number of piperidine rings is 1. The van der Waals surface area contributed by atoms with E-state index in [-0.39, 0.29) is 11.9 Å². The van der Waals surface area contributed by atoms with Crippen LogP contribution < -0.4 is 0 Å². The second-order valence-corrected chi connectivity index (χ2v) is 8.01. The highest BCUT2D eigenvalue weighted by Gasteiger charge is 2.26. The van der Waals surface area contributed by atoms with Crippen molar-refractivity contribution in [2.24, 2.45) is 5.92 Å². The highest BCUT2D eigenvalue weighted by molar-refractivity contribution is 7.11. The molecule has 0 saturated carbocycles. The highest BCUT2D eigenvalue weighted by Crippen LogP contribution is 2.31. The number of likely N-dealkylation sites (tertiary alicyclic amines) is 1. The third-order valence-corrected chi connectivity index (χ3v) is 6.16. The Morgan fingerprint density at radius 3 is 2.81 bits per heavy atom. The maximum atomic E-state index is 12.0. The van der Waals surface area contributed by atoms with Crippen molar-refractivity contribution < 1.29 is 9.53 Å². The maximum absolute atomic E-state index is 12.0. The van der Waals surface area contributed by atoms with Gasteiger partial charge in [0, 0.05) is 18.0 Å². The molecular weight excluding hydrogens is 354 g/mol. The third kappa shape index (κ3) is 5.30. The van der Waals surface area contributed by atoms with Crippen molar-refractivity contribution in [3.63, 3.8) is 0 Å². The molecule has 1 atom stereocenters. The first-order valence-corrected chi connectivity index (χ1v) is 10.8. The number of hydrogen-bond donors (Lipinski definition) is 0. The van der Waals surface area contributed by atoms with Crippen molar-refractivity contribution in [1.82, 2.24) is 4.90 Å². The Morgan fingerprint density at radius 2 is 2.11 bits per heavy atom. The van der Waals surface area contributed by atoms with Crippen molar-refractivity contribution in [3.05, 3.63) is 63.9 Å². The summed E-state index contributed by atoms with van der Waals surface area (Å²) in [4.78, 5) is 15.8. The maximum Gasteiger partial charge on any atom is 0.310 e. The summed E-state index contributed by atoms with van der Waals surface area (Å²) in [5, 5.41) is 2.16. The predicted octanol–water partition coefficient (Wildman–Crippen LogP) is 5.15. The number of carbonyl (C=O) groups excluding carboxylic acids is 1. The van der Waals surface area contributed by atoms with Crippen molar-refractivity contribution in [2.75, 3.05) is 26.2 Å². The van der Waals surface area contributed by atoms with E-state index in [0.29, 0.717) is 6.61 Å². The molecule has 3 rings (SSSR count). The molecule has 0 N–H and O–H groups in total. The van der Waals surface area contributed by atoms with Crippen LogP contribution in [0.1, 0.15) is 42.2 Å². The van der Waals surface area contributed by atoms with Gasteiger partial charge in [0.1, 0.15) is 0 Å². The zero-order chi connectivity index (χ0) is 19.1. The summed E-state index contributed by atoms with van der Waals surface area (Å²) in [6.07, 6.45) is 5.37. The van der Waals surface area contributed by atoms with Crippen LogP contribution in [0.5, 0.6) is 0 Å². The van der Waals surface area contributed by atoms with Gasteiger partial charge in [-0.1, -0.05) is 36.4 Å². The smallest absolute Gasteiger partial charge is 0.310 e. The summed E-state index contributed by atoms with van der Waals surface area (Å²) in [5.41, 5.74) is 3.92. The molecule has 2 heterocycles. The van der Waals surface area contributed by atoms with Gasteiger partial charge >= 0.3 is 5.97 Å².